The van der Waals surface area contributed by atoms with Gasteiger partial charge in [-0.25, -0.2) is 4.98 Å². The molecule has 18 heavy (non-hydrogen) atoms. The number of hydrogen-bond donors (Lipinski definition) is 1. The molecule has 1 unspecified atom stereocenters. The third kappa shape index (κ3) is 1.99. The molecular weight excluding hydrogens is 246 g/mol. The Labute approximate surface area is 112 Å². The van der Waals surface area contributed by atoms with E-state index in [1.54, 1.807) is 0 Å². The predicted octanol–water partition coefficient (Wildman–Crippen LogP) is 3.32. The Balaban J connectivity index is 1.89. The molecule has 0 aliphatic carbocycles. The summed E-state index contributed by atoms with van der Waals surface area (Å²) in [5.74, 6) is 0.966. The first-order valence-electron chi connectivity index (χ1n) is 6.19. The summed E-state index contributed by atoms with van der Waals surface area (Å²) in [4.78, 5) is 9.94. The van der Waals surface area contributed by atoms with Gasteiger partial charge in [-0.3, -0.25) is 0 Å². The molecule has 1 atom stereocenters. The van der Waals surface area contributed by atoms with Crippen LogP contribution in [-0.2, 0) is 13.0 Å². The zero-order valence-electron chi connectivity index (χ0n) is 10.6. The predicted molar refractivity (Wildman–Crippen MR) is 74.1 cm³/mol. The summed E-state index contributed by atoms with van der Waals surface area (Å²) in [5.41, 5.74) is 3.78. The summed E-state index contributed by atoms with van der Waals surface area (Å²) < 4.78 is 0. The van der Waals surface area contributed by atoms with Crippen molar-refractivity contribution < 1.29 is 0 Å². The largest absolute Gasteiger partial charge is 0.362 e. The number of halogens is 1. The lowest BCUT2D eigenvalue weighted by Gasteiger charge is -2.24. The number of nitrogens with one attached hydrogen (secondary N) is 1. The van der Waals surface area contributed by atoms with Crippen LogP contribution in [0.1, 0.15) is 24.0 Å². The van der Waals surface area contributed by atoms with Crippen molar-refractivity contribution in [1.82, 2.24) is 9.97 Å². The van der Waals surface area contributed by atoms with Gasteiger partial charge in [-0.15, -0.1) is 0 Å². The molecule has 0 saturated heterocycles. The van der Waals surface area contributed by atoms with Gasteiger partial charge in [-0.2, -0.15) is 0 Å². The Morgan fingerprint density at radius 2 is 2.33 bits per heavy atom. The van der Waals surface area contributed by atoms with E-state index in [1.807, 2.05) is 19.2 Å². The van der Waals surface area contributed by atoms with Crippen LogP contribution in [0, 0.1) is 6.92 Å². The molecule has 3 nitrogen and oxygen atoms in total. The molecule has 0 radical (unpaired) electrons. The number of imidazole rings is 1. The van der Waals surface area contributed by atoms with E-state index in [-0.39, 0.29) is 0 Å². The molecule has 3 rings (SSSR count). The van der Waals surface area contributed by atoms with Crippen molar-refractivity contribution in [3.63, 3.8) is 0 Å². The van der Waals surface area contributed by atoms with E-state index in [1.165, 1.54) is 11.3 Å². The van der Waals surface area contributed by atoms with Gasteiger partial charge in [0.2, 0.25) is 0 Å². The second-order valence-corrected chi connectivity index (χ2v) is 5.38. The van der Waals surface area contributed by atoms with E-state index in [9.17, 15) is 0 Å². The summed E-state index contributed by atoms with van der Waals surface area (Å²) in [6.45, 7) is 5.10. The minimum Gasteiger partial charge on any atom is -0.362 e. The number of fused-ring (bicyclic) bond motifs is 1. The van der Waals surface area contributed by atoms with E-state index in [2.05, 4.69) is 33.9 Å². The third-order valence-electron chi connectivity index (χ3n) is 3.49. The van der Waals surface area contributed by atoms with Crippen LogP contribution in [0.4, 0.5) is 5.69 Å². The minimum atomic E-state index is 0.502. The Morgan fingerprint density at radius 1 is 1.50 bits per heavy atom. The van der Waals surface area contributed by atoms with Gasteiger partial charge in [0.25, 0.3) is 0 Å². The van der Waals surface area contributed by atoms with Crippen molar-refractivity contribution in [3.8, 4) is 0 Å². The molecule has 2 aromatic rings. The standard InChI is InChI=1S/C14H16ClN3/c1-9-5-11-6-12(15)3-4-14(11)18(9)8-13-7-16-10(2)17-13/h3-4,6-7,9H,5,8H2,1-2H3,(H,16,17). The fourth-order valence-corrected chi connectivity index (χ4v) is 2.83. The molecule has 0 saturated carbocycles. The summed E-state index contributed by atoms with van der Waals surface area (Å²) >= 11 is 6.05. The van der Waals surface area contributed by atoms with E-state index in [0.29, 0.717) is 6.04 Å². The van der Waals surface area contributed by atoms with Crippen molar-refractivity contribution in [2.75, 3.05) is 4.90 Å². The van der Waals surface area contributed by atoms with Gasteiger partial charge in [-0.1, -0.05) is 11.6 Å². The molecule has 1 aliphatic rings. The van der Waals surface area contributed by atoms with Gasteiger partial charge < -0.3 is 9.88 Å². The lowest BCUT2D eigenvalue weighted by Crippen LogP contribution is -2.28. The molecule has 0 fully saturated rings. The van der Waals surface area contributed by atoms with Crippen LogP contribution in [-0.4, -0.2) is 16.0 Å². The number of hydrogen-bond acceptors (Lipinski definition) is 2. The first-order valence-corrected chi connectivity index (χ1v) is 6.57. The van der Waals surface area contributed by atoms with Crippen LogP contribution in [0.5, 0.6) is 0 Å². The summed E-state index contributed by atoms with van der Waals surface area (Å²) in [6, 6.07) is 6.65. The molecule has 0 amide bonds. The molecule has 0 spiro atoms. The smallest absolute Gasteiger partial charge is 0.103 e. The lowest BCUT2D eigenvalue weighted by atomic mass is 10.1. The van der Waals surface area contributed by atoms with Crippen molar-refractivity contribution >= 4 is 17.3 Å². The van der Waals surface area contributed by atoms with Crippen LogP contribution in [0.25, 0.3) is 0 Å². The molecule has 1 aliphatic heterocycles. The fraction of sp³-hybridized carbons (Fsp3) is 0.357. The first kappa shape index (κ1) is 11.6. The monoisotopic (exact) mass is 261 g/mol. The molecular formula is C14H16ClN3. The van der Waals surface area contributed by atoms with Gasteiger partial charge in [0.1, 0.15) is 5.82 Å². The number of nitrogens with zero attached hydrogens (tertiary/aromatic N) is 2. The highest BCUT2D eigenvalue weighted by Crippen LogP contribution is 2.34. The van der Waals surface area contributed by atoms with Crippen LogP contribution in [0.2, 0.25) is 5.02 Å². The fourth-order valence-electron chi connectivity index (χ4n) is 2.64. The van der Waals surface area contributed by atoms with Crippen molar-refractivity contribution in [3.05, 3.63) is 46.5 Å². The molecule has 4 heteroatoms. The maximum absolute atomic E-state index is 6.05. The second-order valence-electron chi connectivity index (χ2n) is 4.95. The molecule has 1 aromatic carbocycles. The molecule has 2 heterocycles. The Bertz CT molecular complexity index is 576. The number of aryl methyl sites for hydroxylation is 1. The van der Waals surface area contributed by atoms with E-state index in [4.69, 9.17) is 11.6 Å². The van der Waals surface area contributed by atoms with Gasteiger partial charge >= 0.3 is 0 Å². The first-order chi connectivity index (χ1) is 8.63. The molecule has 0 bridgehead atoms. The highest BCUT2D eigenvalue weighted by atomic mass is 35.5. The Morgan fingerprint density at radius 3 is 3.06 bits per heavy atom. The number of aromatic amines is 1. The van der Waals surface area contributed by atoms with Crippen LogP contribution in [0.15, 0.2) is 24.4 Å². The molecule has 1 aromatic heterocycles. The normalized spacial score (nSPS) is 18.2. The van der Waals surface area contributed by atoms with Crippen molar-refractivity contribution in [2.45, 2.75) is 32.9 Å². The number of anilines is 1. The van der Waals surface area contributed by atoms with Crippen molar-refractivity contribution in [1.29, 1.82) is 0 Å². The van der Waals surface area contributed by atoms with E-state index < -0.39 is 0 Å². The molecule has 94 valence electrons. The number of rotatable bonds is 2. The van der Waals surface area contributed by atoms with E-state index >= 15 is 0 Å². The lowest BCUT2D eigenvalue weighted by molar-refractivity contribution is 0.666. The van der Waals surface area contributed by atoms with Crippen LogP contribution >= 0.6 is 11.6 Å². The second kappa shape index (κ2) is 4.32. The van der Waals surface area contributed by atoms with Gasteiger partial charge in [0.05, 0.1) is 18.4 Å². The average Bonchev–Trinajstić information content (AvgIpc) is 2.84. The van der Waals surface area contributed by atoms with Crippen molar-refractivity contribution in [2.24, 2.45) is 0 Å². The summed E-state index contributed by atoms with van der Waals surface area (Å²) in [6.07, 6.45) is 2.97. The minimum absolute atomic E-state index is 0.502. The number of benzene rings is 1. The topological polar surface area (TPSA) is 31.9 Å². The highest BCUT2D eigenvalue weighted by molar-refractivity contribution is 6.30. The van der Waals surface area contributed by atoms with Gasteiger partial charge in [-0.05, 0) is 44.0 Å². The Kier molecular flexibility index (Phi) is 2.78. The third-order valence-corrected chi connectivity index (χ3v) is 3.73. The number of aromatic nitrogens is 2. The Hall–Kier alpha value is -1.48. The summed E-state index contributed by atoms with van der Waals surface area (Å²) in [7, 11) is 0. The maximum Gasteiger partial charge on any atom is 0.103 e. The maximum atomic E-state index is 6.05. The van der Waals surface area contributed by atoms with Crippen LogP contribution < -0.4 is 4.90 Å². The zero-order chi connectivity index (χ0) is 12.7. The zero-order valence-corrected chi connectivity index (χ0v) is 11.3. The van der Waals surface area contributed by atoms with Crippen LogP contribution in [0.3, 0.4) is 0 Å². The molecule has 1 N–H and O–H groups in total. The SMILES string of the molecule is Cc1ncc(CN2c3ccc(Cl)cc3CC2C)[nH]1. The van der Waals surface area contributed by atoms with Gasteiger partial charge in [0, 0.05) is 16.8 Å². The van der Waals surface area contributed by atoms with E-state index in [0.717, 1.165) is 29.5 Å². The average molecular weight is 262 g/mol. The quantitative estimate of drug-likeness (QED) is 0.899. The summed E-state index contributed by atoms with van der Waals surface area (Å²) in [5, 5.41) is 0.820. The number of H-pyrrole nitrogens is 1. The van der Waals surface area contributed by atoms with Gasteiger partial charge in [0.15, 0.2) is 0 Å². The highest BCUT2D eigenvalue weighted by Gasteiger charge is 2.26.